The van der Waals surface area contributed by atoms with Crippen molar-refractivity contribution >= 4 is 51.2 Å². The Morgan fingerprint density at radius 2 is 1.43 bits per heavy atom. The van der Waals surface area contributed by atoms with E-state index in [1.807, 2.05) is 31.2 Å². The average Bonchev–Trinajstić information content (AvgIpc) is 3.63. The Labute approximate surface area is 243 Å². The van der Waals surface area contributed by atoms with Crippen LogP contribution in [-0.2, 0) is 20.9 Å². The number of aromatic nitrogens is 1. The van der Waals surface area contributed by atoms with Gasteiger partial charge in [0.2, 0.25) is 5.78 Å². The van der Waals surface area contributed by atoms with Crippen molar-refractivity contribution in [3.63, 3.8) is 0 Å². The van der Waals surface area contributed by atoms with Crippen molar-refractivity contribution in [1.82, 2.24) is 4.57 Å². The molecule has 0 radical (unpaired) electrons. The molecular formula is C33H32N2O7. The predicted octanol–water partition coefficient (Wildman–Crippen LogP) is 6.87. The summed E-state index contributed by atoms with van der Waals surface area (Å²) in [7, 11) is 0. The summed E-state index contributed by atoms with van der Waals surface area (Å²) in [6.45, 7) is 5.89. The summed E-state index contributed by atoms with van der Waals surface area (Å²) in [5.41, 5.74) is 3.52. The number of carbonyl (C=O) groups is 4. The van der Waals surface area contributed by atoms with E-state index in [0.29, 0.717) is 23.2 Å². The lowest BCUT2D eigenvalue weighted by Crippen LogP contribution is -2.23. The molecule has 42 heavy (non-hydrogen) atoms. The van der Waals surface area contributed by atoms with Crippen molar-refractivity contribution in [1.29, 1.82) is 0 Å². The number of ether oxygens (including phenoxy) is 2. The molecule has 1 aromatic heterocycles. The Balaban J connectivity index is 1.51. The lowest BCUT2D eigenvalue weighted by molar-refractivity contribution is -0.140. The predicted molar refractivity (Wildman–Crippen MR) is 158 cm³/mol. The second-order valence-electron chi connectivity index (χ2n) is 10.2. The first kappa shape index (κ1) is 28.7. The van der Waals surface area contributed by atoms with Crippen molar-refractivity contribution in [2.75, 3.05) is 6.61 Å². The lowest BCUT2D eigenvalue weighted by atomic mass is 9.93. The van der Waals surface area contributed by atoms with Crippen LogP contribution in [0.25, 0.3) is 21.8 Å². The van der Waals surface area contributed by atoms with Gasteiger partial charge in [-0.15, -0.1) is 0 Å². The van der Waals surface area contributed by atoms with Gasteiger partial charge in [-0.2, -0.15) is 0 Å². The Morgan fingerprint density at radius 1 is 0.833 bits per heavy atom. The highest BCUT2D eigenvalue weighted by atomic mass is 16.7. The number of ketones is 2. The monoisotopic (exact) mass is 568 g/mol. The number of hydrogen-bond acceptors (Lipinski definition) is 8. The molecule has 3 aromatic carbocycles. The highest BCUT2D eigenvalue weighted by Crippen LogP contribution is 2.33. The fraction of sp³-hybridized carbons (Fsp3) is 0.303. The second-order valence-corrected chi connectivity index (χ2v) is 10.2. The molecule has 0 spiro atoms. The van der Waals surface area contributed by atoms with Crippen LogP contribution in [0.4, 0.5) is 4.79 Å². The number of oxime groups is 1. The molecule has 0 amide bonds. The first-order valence-electron chi connectivity index (χ1n) is 14.2. The van der Waals surface area contributed by atoms with Crippen LogP contribution >= 0.6 is 0 Å². The SMILES string of the molecule is CCOC(=O)Oc1ccc(C(=O)c2ccc3c(c2)c2cc(C(=O)/C(=N/OC(C)=O)C4CCCC4)ccc2n3CC)cc1. The Morgan fingerprint density at radius 3 is 2.02 bits per heavy atom. The third-order valence-corrected chi connectivity index (χ3v) is 7.53. The molecule has 1 heterocycles. The van der Waals surface area contributed by atoms with Crippen LogP contribution in [0, 0.1) is 5.92 Å². The maximum atomic E-state index is 13.7. The number of carbonyl (C=O) groups excluding carboxylic acids is 4. The smallest absolute Gasteiger partial charge is 0.434 e. The van der Waals surface area contributed by atoms with Crippen LogP contribution in [-0.4, -0.2) is 40.6 Å². The molecule has 4 aromatic rings. The maximum absolute atomic E-state index is 13.7. The molecule has 0 aliphatic heterocycles. The average molecular weight is 569 g/mol. The zero-order valence-corrected chi connectivity index (χ0v) is 23.8. The van der Waals surface area contributed by atoms with E-state index in [2.05, 4.69) is 9.72 Å². The first-order chi connectivity index (χ1) is 20.3. The molecule has 5 rings (SSSR count). The minimum Gasteiger partial charge on any atom is -0.434 e. The van der Waals surface area contributed by atoms with E-state index >= 15 is 0 Å². The molecule has 0 unspecified atom stereocenters. The van der Waals surface area contributed by atoms with Crippen LogP contribution in [0.1, 0.15) is 72.7 Å². The molecule has 9 nitrogen and oxygen atoms in total. The van der Waals surface area contributed by atoms with Crippen LogP contribution in [0.2, 0.25) is 0 Å². The Hall–Kier alpha value is -4.79. The molecule has 0 saturated heterocycles. The van der Waals surface area contributed by atoms with Crippen molar-refractivity contribution in [3.05, 3.63) is 77.4 Å². The molecule has 9 heteroatoms. The van der Waals surface area contributed by atoms with Crippen LogP contribution in [0.3, 0.4) is 0 Å². The minimum absolute atomic E-state index is 0.0529. The van der Waals surface area contributed by atoms with E-state index in [1.165, 1.54) is 6.92 Å². The van der Waals surface area contributed by atoms with Gasteiger partial charge in [-0.05, 0) is 87.4 Å². The van der Waals surface area contributed by atoms with Gasteiger partial charge >= 0.3 is 12.1 Å². The lowest BCUT2D eigenvalue weighted by Gasteiger charge is -2.12. The Kier molecular flexibility index (Phi) is 8.47. The van der Waals surface area contributed by atoms with Crippen LogP contribution < -0.4 is 4.74 Å². The second kappa shape index (κ2) is 12.4. The number of fused-ring (bicyclic) bond motifs is 3. The number of aryl methyl sites for hydroxylation is 1. The van der Waals surface area contributed by atoms with Crippen molar-refractivity contribution in [2.24, 2.45) is 11.1 Å². The van der Waals surface area contributed by atoms with E-state index in [1.54, 1.807) is 43.3 Å². The molecule has 0 bridgehead atoms. The normalized spacial score (nSPS) is 13.8. The largest absolute Gasteiger partial charge is 0.513 e. The van der Waals surface area contributed by atoms with Crippen molar-refractivity contribution in [3.8, 4) is 5.75 Å². The third-order valence-electron chi connectivity index (χ3n) is 7.53. The van der Waals surface area contributed by atoms with Gasteiger partial charge in [0.25, 0.3) is 0 Å². The summed E-state index contributed by atoms with van der Waals surface area (Å²) in [5.74, 6) is -0.806. The summed E-state index contributed by atoms with van der Waals surface area (Å²) in [6.07, 6.45) is 2.84. The number of Topliss-reactive ketones (excluding diaryl/α,β-unsaturated/α-hetero) is 1. The number of benzene rings is 3. The van der Waals surface area contributed by atoms with Crippen molar-refractivity contribution in [2.45, 2.75) is 53.0 Å². The molecular weight excluding hydrogens is 536 g/mol. The van der Waals surface area contributed by atoms with E-state index < -0.39 is 12.1 Å². The molecule has 0 atom stereocenters. The summed E-state index contributed by atoms with van der Waals surface area (Å²) in [6, 6.07) is 17.3. The fourth-order valence-electron chi connectivity index (χ4n) is 5.57. The highest BCUT2D eigenvalue weighted by Gasteiger charge is 2.29. The topological polar surface area (TPSA) is 113 Å². The number of nitrogens with zero attached hydrogens (tertiary/aromatic N) is 2. The Bertz CT molecular complexity index is 1710. The van der Waals surface area contributed by atoms with Gasteiger partial charge in [0, 0.05) is 57.9 Å². The van der Waals surface area contributed by atoms with Gasteiger partial charge in [0.1, 0.15) is 11.5 Å². The van der Waals surface area contributed by atoms with E-state index in [4.69, 9.17) is 14.3 Å². The molecule has 0 N–H and O–H groups in total. The van der Waals surface area contributed by atoms with E-state index in [-0.39, 0.29) is 35.6 Å². The van der Waals surface area contributed by atoms with Gasteiger partial charge in [0.05, 0.1) is 6.61 Å². The molecule has 1 saturated carbocycles. The van der Waals surface area contributed by atoms with Gasteiger partial charge in [-0.25, -0.2) is 9.59 Å². The zero-order chi connectivity index (χ0) is 29.8. The standard InChI is InChI=1S/C33H32N2O7/c1-4-35-28-16-12-23(31(37)22-10-14-25(15-11-22)41-33(39)40-5-2)18-26(28)27-19-24(13-17-29(27)35)32(38)30(34-42-20(3)36)21-8-6-7-9-21/h10-19,21H,4-9H2,1-3H3/b34-30+. The summed E-state index contributed by atoms with van der Waals surface area (Å²) in [4.78, 5) is 55.0. The van der Waals surface area contributed by atoms with E-state index in [0.717, 1.165) is 47.5 Å². The molecule has 1 aliphatic carbocycles. The highest BCUT2D eigenvalue weighted by molar-refractivity contribution is 6.47. The first-order valence-corrected chi connectivity index (χ1v) is 14.2. The maximum Gasteiger partial charge on any atom is 0.513 e. The van der Waals surface area contributed by atoms with Crippen LogP contribution in [0.15, 0.2) is 65.8 Å². The van der Waals surface area contributed by atoms with Crippen molar-refractivity contribution < 1.29 is 33.5 Å². The number of hydrogen-bond donors (Lipinski definition) is 0. The quantitative estimate of drug-likeness (QED) is 0.0540. The molecule has 1 aliphatic rings. The summed E-state index contributed by atoms with van der Waals surface area (Å²) < 4.78 is 12.0. The summed E-state index contributed by atoms with van der Waals surface area (Å²) in [5, 5.41) is 5.66. The van der Waals surface area contributed by atoms with Gasteiger partial charge in [0.15, 0.2) is 5.78 Å². The number of rotatable bonds is 9. The third kappa shape index (κ3) is 5.81. The fourth-order valence-corrected chi connectivity index (χ4v) is 5.57. The minimum atomic E-state index is -0.805. The van der Waals surface area contributed by atoms with Gasteiger partial charge in [-0.1, -0.05) is 18.0 Å². The van der Waals surface area contributed by atoms with Gasteiger partial charge in [-0.3, -0.25) is 9.59 Å². The van der Waals surface area contributed by atoms with Gasteiger partial charge < -0.3 is 18.9 Å². The summed E-state index contributed by atoms with van der Waals surface area (Å²) >= 11 is 0. The van der Waals surface area contributed by atoms with Crippen LogP contribution in [0.5, 0.6) is 5.75 Å². The van der Waals surface area contributed by atoms with E-state index in [9.17, 15) is 19.2 Å². The molecule has 1 fully saturated rings. The zero-order valence-electron chi connectivity index (χ0n) is 23.8. The molecule has 216 valence electrons.